The molecule has 0 radical (unpaired) electrons. The number of carbonyl (C=O) groups excluding carboxylic acids is 2. The highest BCUT2D eigenvalue weighted by Crippen LogP contribution is 2.33. The van der Waals surface area contributed by atoms with Gasteiger partial charge in [-0.2, -0.15) is 26.3 Å². The molecule has 230 valence electrons. The Hall–Kier alpha value is -3.75. The van der Waals surface area contributed by atoms with Crippen LogP contribution < -0.4 is 10.6 Å². The molecule has 1 unspecified atom stereocenters. The maximum absolute atomic E-state index is 13.2. The Balaban J connectivity index is 0.000000413. The maximum atomic E-state index is 13.2. The summed E-state index contributed by atoms with van der Waals surface area (Å²) in [5.74, 6) is -0.527. The number of alkyl halides is 6. The Morgan fingerprint density at radius 1 is 0.837 bits per heavy atom. The Labute approximate surface area is 249 Å². The first kappa shape index (κ1) is 35.4. The van der Waals surface area contributed by atoms with Crippen molar-refractivity contribution in [2.24, 2.45) is 0 Å². The molecule has 0 aliphatic carbocycles. The van der Waals surface area contributed by atoms with Crippen molar-refractivity contribution in [1.29, 1.82) is 0 Å². The average Bonchev–Trinajstić information content (AvgIpc) is 2.95. The third-order valence-electron chi connectivity index (χ3n) is 5.87. The largest absolute Gasteiger partial charge is 0.416 e. The van der Waals surface area contributed by atoms with Gasteiger partial charge in [-0.25, -0.2) is 0 Å². The molecule has 0 fully saturated rings. The molecule has 0 aromatic heterocycles. The molecule has 0 saturated carbocycles. The number of nitrogens with one attached hydrogen (secondary N) is 2. The second-order valence-corrected chi connectivity index (χ2v) is 9.95. The first-order valence-electron chi connectivity index (χ1n) is 13.3. The molecule has 43 heavy (non-hydrogen) atoms. The fourth-order valence-corrected chi connectivity index (χ4v) is 3.88. The van der Waals surface area contributed by atoms with Gasteiger partial charge in [0.1, 0.15) is 5.52 Å². The van der Waals surface area contributed by atoms with Gasteiger partial charge in [-0.1, -0.05) is 82.9 Å². The van der Waals surface area contributed by atoms with E-state index in [4.69, 9.17) is 0 Å². The van der Waals surface area contributed by atoms with Crippen LogP contribution in [0.1, 0.15) is 54.5 Å². The zero-order valence-corrected chi connectivity index (χ0v) is 24.8. The second kappa shape index (κ2) is 16.8. The minimum atomic E-state index is -4.61. The van der Waals surface area contributed by atoms with Crippen LogP contribution in [0.3, 0.4) is 0 Å². The minimum Gasteiger partial charge on any atom is -0.352 e. The van der Waals surface area contributed by atoms with Gasteiger partial charge in [-0.3, -0.25) is 9.59 Å². The van der Waals surface area contributed by atoms with Crippen molar-refractivity contribution >= 4 is 32.3 Å². The van der Waals surface area contributed by atoms with Crippen LogP contribution in [0.15, 0.2) is 90.6 Å². The molecular weight excluding hydrogens is 589 g/mol. The Morgan fingerprint density at radius 3 is 1.98 bits per heavy atom. The van der Waals surface area contributed by atoms with Crippen molar-refractivity contribution in [2.45, 2.75) is 45.6 Å². The third-order valence-corrected chi connectivity index (χ3v) is 6.15. The monoisotopic (exact) mass is 622 g/mol. The van der Waals surface area contributed by atoms with Gasteiger partial charge >= 0.3 is 12.4 Å². The summed E-state index contributed by atoms with van der Waals surface area (Å²) in [5, 5.41) is 5.98. The lowest BCUT2D eigenvalue weighted by atomic mass is 10.0. The topological polar surface area (TPSA) is 58.2 Å². The SMILES string of the molecule is CC/C=C(/N/C(=C/c1ccccc1C(F)(F)F)C(C)=O)c1ccc(C(F)(F)F)cc1.O=C(P)CCNCc1ccccc1. The predicted molar refractivity (Wildman–Crippen MR) is 160 cm³/mol. The molecule has 0 bridgehead atoms. The van der Waals surface area contributed by atoms with Crippen molar-refractivity contribution in [3.05, 3.63) is 118 Å². The zero-order valence-electron chi connectivity index (χ0n) is 23.7. The van der Waals surface area contributed by atoms with E-state index in [2.05, 4.69) is 32.0 Å². The standard InChI is InChI=1S/C22H19F6NO.C10H14NOP/c1-3-6-19(15-9-11-17(12-10-15)21(23,24)25)29-20(14(2)30)13-16-7-4-5-8-18(16)22(26,27)28;12-10(13)6-7-11-8-9-4-2-1-3-5-9/h4-13,29H,3H2,1-2H3;1-5,11H,6-8,13H2/b19-6+,20-13+;. The molecule has 2 N–H and O–H groups in total. The van der Waals surface area contributed by atoms with Crippen LogP contribution in [0, 0.1) is 0 Å². The highest BCUT2D eigenvalue weighted by Gasteiger charge is 2.33. The lowest BCUT2D eigenvalue weighted by molar-refractivity contribution is -0.138. The minimum absolute atomic E-state index is 0.119. The van der Waals surface area contributed by atoms with Crippen molar-refractivity contribution in [1.82, 2.24) is 10.6 Å². The second-order valence-electron chi connectivity index (χ2n) is 9.30. The molecule has 0 spiro atoms. The normalized spacial score (nSPS) is 12.3. The van der Waals surface area contributed by atoms with Gasteiger partial charge in [0.25, 0.3) is 0 Å². The molecule has 0 aliphatic heterocycles. The number of benzene rings is 3. The molecule has 4 nitrogen and oxygen atoms in total. The number of Topliss-reactive ketones (excluding diaryl/α,β-unsaturated/α-hetero) is 1. The Bertz CT molecular complexity index is 1400. The molecular formula is C32H33F6N2O2P. The average molecular weight is 623 g/mol. The first-order valence-corrected chi connectivity index (χ1v) is 13.9. The van der Waals surface area contributed by atoms with Gasteiger partial charge in [0.05, 0.1) is 16.8 Å². The third kappa shape index (κ3) is 12.6. The van der Waals surface area contributed by atoms with Gasteiger partial charge in [-0.15, -0.1) is 0 Å². The van der Waals surface area contributed by atoms with E-state index in [1.807, 2.05) is 18.2 Å². The van der Waals surface area contributed by atoms with Crippen molar-refractivity contribution in [3.8, 4) is 0 Å². The lowest BCUT2D eigenvalue weighted by Crippen LogP contribution is -2.18. The molecule has 0 aliphatic rings. The fourth-order valence-electron chi connectivity index (χ4n) is 3.73. The number of hydrogen-bond donors (Lipinski definition) is 2. The van der Waals surface area contributed by atoms with E-state index in [0.29, 0.717) is 24.1 Å². The smallest absolute Gasteiger partial charge is 0.352 e. The van der Waals surface area contributed by atoms with E-state index in [1.165, 1.54) is 42.8 Å². The van der Waals surface area contributed by atoms with Crippen molar-refractivity contribution in [3.63, 3.8) is 0 Å². The van der Waals surface area contributed by atoms with Crippen molar-refractivity contribution in [2.75, 3.05) is 6.54 Å². The van der Waals surface area contributed by atoms with E-state index in [-0.39, 0.29) is 16.8 Å². The number of carbonyl (C=O) groups is 2. The van der Waals surface area contributed by atoms with Crippen LogP contribution >= 0.6 is 9.24 Å². The van der Waals surface area contributed by atoms with Crippen LogP contribution in [0.4, 0.5) is 26.3 Å². The van der Waals surface area contributed by atoms with E-state index < -0.39 is 29.3 Å². The van der Waals surface area contributed by atoms with Crippen LogP contribution in [-0.2, 0) is 28.5 Å². The number of ketones is 1. The van der Waals surface area contributed by atoms with E-state index in [0.717, 1.165) is 37.4 Å². The molecule has 3 aromatic carbocycles. The molecule has 11 heteroatoms. The van der Waals surface area contributed by atoms with Crippen LogP contribution in [-0.4, -0.2) is 17.9 Å². The highest BCUT2D eigenvalue weighted by molar-refractivity contribution is 7.40. The first-order chi connectivity index (χ1) is 20.2. The predicted octanol–water partition coefficient (Wildman–Crippen LogP) is 8.26. The van der Waals surface area contributed by atoms with Crippen molar-refractivity contribution < 1.29 is 35.9 Å². The molecule has 0 saturated heterocycles. The van der Waals surface area contributed by atoms with Crippen LogP contribution in [0.25, 0.3) is 11.8 Å². The Kier molecular flexibility index (Phi) is 13.8. The van der Waals surface area contributed by atoms with Crippen LogP contribution in [0.2, 0.25) is 0 Å². The van der Waals surface area contributed by atoms with Gasteiger partial charge in [0.2, 0.25) is 0 Å². The van der Waals surface area contributed by atoms with Gasteiger partial charge in [-0.05, 0) is 47.4 Å². The van der Waals surface area contributed by atoms with Gasteiger partial charge < -0.3 is 10.6 Å². The quantitative estimate of drug-likeness (QED) is 0.0979. The fraction of sp³-hybridized carbons (Fsp3) is 0.250. The summed E-state index contributed by atoms with van der Waals surface area (Å²) >= 11 is 0. The summed E-state index contributed by atoms with van der Waals surface area (Å²) in [6.45, 7) is 4.54. The number of halogens is 6. The summed E-state index contributed by atoms with van der Waals surface area (Å²) in [5.41, 5.74) is 0.0273. The molecule has 0 heterocycles. The van der Waals surface area contributed by atoms with Gasteiger partial charge in [0, 0.05) is 32.1 Å². The zero-order chi connectivity index (χ0) is 32.0. The number of rotatable bonds is 11. The van der Waals surface area contributed by atoms with Gasteiger partial charge in [0.15, 0.2) is 5.78 Å². The van der Waals surface area contributed by atoms with E-state index in [9.17, 15) is 35.9 Å². The summed E-state index contributed by atoms with van der Waals surface area (Å²) in [4.78, 5) is 22.7. The Morgan fingerprint density at radius 2 is 1.44 bits per heavy atom. The summed E-state index contributed by atoms with van der Waals surface area (Å²) in [6, 6.07) is 19.2. The summed E-state index contributed by atoms with van der Waals surface area (Å²) in [7, 11) is 2.18. The summed E-state index contributed by atoms with van der Waals surface area (Å²) < 4.78 is 78.1. The molecule has 3 aromatic rings. The maximum Gasteiger partial charge on any atom is 0.416 e. The molecule has 0 amide bonds. The van der Waals surface area contributed by atoms with Crippen LogP contribution in [0.5, 0.6) is 0 Å². The molecule has 1 atom stereocenters. The lowest BCUT2D eigenvalue weighted by Gasteiger charge is -2.16. The number of hydrogen-bond acceptors (Lipinski definition) is 4. The van der Waals surface area contributed by atoms with E-state index >= 15 is 0 Å². The molecule has 3 rings (SSSR count). The number of allylic oxidation sites excluding steroid dienone is 2. The van der Waals surface area contributed by atoms with E-state index in [1.54, 1.807) is 13.0 Å². The summed E-state index contributed by atoms with van der Waals surface area (Å²) in [6.07, 6.45) is -5.32. The highest BCUT2D eigenvalue weighted by atomic mass is 31.0.